The Labute approximate surface area is 87.7 Å². The molecule has 0 aliphatic rings. The molecule has 0 spiro atoms. The molecule has 0 aromatic rings. The number of rotatable bonds is 7. The second-order valence-electron chi connectivity index (χ2n) is 2.81. The fourth-order valence-electron chi connectivity index (χ4n) is 0.994. The van der Waals surface area contributed by atoms with Crippen LogP contribution in [0, 0.1) is 0 Å². The first-order valence-electron chi connectivity index (χ1n) is 4.87. The summed E-state index contributed by atoms with van der Waals surface area (Å²) in [6.07, 6.45) is 7.91. The summed E-state index contributed by atoms with van der Waals surface area (Å²) in [6, 6.07) is 0.818. The van der Waals surface area contributed by atoms with Crippen molar-refractivity contribution in [3.63, 3.8) is 0 Å². The summed E-state index contributed by atoms with van der Waals surface area (Å²) in [5.41, 5.74) is 0. The summed E-state index contributed by atoms with van der Waals surface area (Å²) in [7, 11) is -0.851. The van der Waals surface area contributed by atoms with Crippen LogP contribution >= 0.6 is 0 Å². The average molecular weight is 216 g/mol. The number of hydrogen-bond donors (Lipinski definition) is 0. The molecule has 0 saturated heterocycles. The van der Waals surface area contributed by atoms with Gasteiger partial charge in [0.2, 0.25) is 0 Å². The summed E-state index contributed by atoms with van der Waals surface area (Å²) >= 11 is 0. The predicted molar refractivity (Wildman–Crippen MR) is 59.7 cm³/mol. The van der Waals surface area contributed by atoms with Crippen molar-refractivity contribution in [2.45, 2.75) is 33.2 Å². The Hall–Kier alpha value is -0.743. The molecule has 14 heavy (non-hydrogen) atoms. The van der Waals surface area contributed by atoms with Crippen LogP contribution in [0.25, 0.3) is 0 Å². The van der Waals surface area contributed by atoms with Crippen molar-refractivity contribution >= 4 is 8.80 Å². The van der Waals surface area contributed by atoms with Gasteiger partial charge in [-0.05, 0) is 20.3 Å². The van der Waals surface area contributed by atoms with Gasteiger partial charge in [-0.25, -0.2) is 0 Å². The van der Waals surface area contributed by atoms with Crippen molar-refractivity contribution in [3.05, 3.63) is 24.7 Å². The Morgan fingerprint density at radius 3 is 1.86 bits per heavy atom. The third kappa shape index (κ3) is 4.48. The molecule has 0 aliphatic heterocycles. The topological polar surface area (TPSA) is 27.7 Å². The van der Waals surface area contributed by atoms with Gasteiger partial charge in [-0.1, -0.05) is 19.1 Å². The lowest BCUT2D eigenvalue weighted by atomic mass is 10.6. The highest BCUT2D eigenvalue weighted by Gasteiger charge is 2.41. The lowest BCUT2D eigenvalue weighted by molar-refractivity contribution is 0.158. The fraction of sp³-hybridized carbons (Fsp3) is 0.600. The van der Waals surface area contributed by atoms with Gasteiger partial charge in [-0.3, -0.25) is 0 Å². The third-order valence-corrected chi connectivity index (χ3v) is 4.36. The van der Waals surface area contributed by atoms with E-state index in [1.54, 1.807) is 19.6 Å². The van der Waals surface area contributed by atoms with Crippen LogP contribution in [0.4, 0.5) is 0 Å². The summed E-state index contributed by atoms with van der Waals surface area (Å²) in [5.74, 6) is 0. The average Bonchev–Trinajstić information content (AvgIpc) is 2.22. The molecule has 0 aliphatic carbocycles. The summed E-state index contributed by atoms with van der Waals surface area (Å²) < 4.78 is 16.4. The molecule has 0 saturated carbocycles. The van der Waals surface area contributed by atoms with Crippen LogP contribution in [0.1, 0.15) is 27.2 Å². The molecule has 0 amide bonds. The van der Waals surface area contributed by atoms with E-state index in [2.05, 4.69) is 6.92 Å². The van der Waals surface area contributed by atoms with Crippen molar-refractivity contribution in [1.82, 2.24) is 0 Å². The maximum Gasteiger partial charge on any atom is 0.630 e. The molecule has 0 aromatic heterocycles. The zero-order valence-corrected chi connectivity index (χ0v) is 10.4. The van der Waals surface area contributed by atoms with Crippen molar-refractivity contribution < 1.29 is 13.3 Å². The van der Waals surface area contributed by atoms with E-state index in [-0.39, 0.29) is 0 Å². The molecule has 3 nitrogen and oxygen atoms in total. The van der Waals surface area contributed by atoms with Gasteiger partial charge >= 0.3 is 8.80 Å². The molecular weight excluding hydrogens is 196 g/mol. The van der Waals surface area contributed by atoms with E-state index in [0.717, 1.165) is 12.5 Å². The Balaban J connectivity index is 4.40. The van der Waals surface area contributed by atoms with Crippen molar-refractivity contribution in [3.8, 4) is 0 Å². The Morgan fingerprint density at radius 2 is 1.57 bits per heavy atom. The van der Waals surface area contributed by atoms with Gasteiger partial charge in [0.1, 0.15) is 0 Å². The largest absolute Gasteiger partial charge is 0.630 e. The standard InChI is InChI=1S/C10H20O3Si/c1-5-8-12-14(11-4,10-7-3)13-9-6-2/h5-6,8-9H,7,10H2,1-4H3. The SMILES string of the molecule is CC=CO[Si](CCC)(OC)OC=CC. The minimum absolute atomic E-state index is 0.818. The molecule has 0 N–H and O–H groups in total. The molecule has 4 heteroatoms. The number of allylic oxidation sites excluding steroid dienone is 2. The lowest BCUT2D eigenvalue weighted by Gasteiger charge is -2.24. The Bertz CT molecular complexity index is 176. The molecular formula is C10H20O3Si. The van der Waals surface area contributed by atoms with Crippen LogP contribution in [0.3, 0.4) is 0 Å². The maximum atomic E-state index is 5.53. The quantitative estimate of drug-likeness (QED) is 0.483. The smallest absolute Gasteiger partial charge is 0.499 e. The molecule has 0 unspecified atom stereocenters. The van der Waals surface area contributed by atoms with Crippen molar-refractivity contribution in [2.75, 3.05) is 7.11 Å². The summed E-state index contributed by atoms with van der Waals surface area (Å²) in [4.78, 5) is 0. The second-order valence-corrected chi connectivity index (χ2v) is 5.56. The first-order valence-corrected chi connectivity index (χ1v) is 6.81. The van der Waals surface area contributed by atoms with E-state index in [4.69, 9.17) is 13.3 Å². The highest BCUT2D eigenvalue weighted by molar-refractivity contribution is 6.61. The van der Waals surface area contributed by atoms with Gasteiger partial charge in [0.15, 0.2) is 0 Å². The monoisotopic (exact) mass is 216 g/mol. The van der Waals surface area contributed by atoms with E-state index < -0.39 is 8.80 Å². The van der Waals surface area contributed by atoms with Gasteiger partial charge in [0.25, 0.3) is 0 Å². The first-order chi connectivity index (χ1) is 6.74. The van der Waals surface area contributed by atoms with E-state index in [9.17, 15) is 0 Å². The van der Waals surface area contributed by atoms with Crippen LogP contribution in [0.15, 0.2) is 24.7 Å². The number of hydrogen-bond acceptors (Lipinski definition) is 3. The van der Waals surface area contributed by atoms with E-state index in [1.807, 2.05) is 26.0 Å². The van der Waals surface area contributed by atoms with Gasteiger partial charge in [-0.2, -0.15) is 0 Å². The molecule has 0 aromatic carbocycles. The molecule has 0 atom stereocenters. The zero-order valence-electron chi connectivity index (χ0n) is 9.45. The first kappa shape index (κ1) is 13.3. The molecule has 0 bridgehead atoms. The van der Waals surface area contributed by atoms with Crippen LogP contribution in [-0.4, -0.2) is 15.9 Å². The maximum absolute atomic E-state index is 5.53. The highest BCUT2D eigenvalue weighted by Crippen LogP contribution is 2.17. The van der Waals surface area contributed by atoms with E-state index >= 15 is 0 Å². The van der Waals surface area contributed by atoms with Crippen LogP contribution in [0.5, 0.6) is 0 Å². The van der Waals surface area contributed by atoms with Gasteiger partial charge in [-0.15, -0.1) is 0 Å². The minimum Gasteiger partial charge on any atom is -0.499 e. The minimum atomic E-state index is -2.49. The lowest BCUT2D eigenvalue weighted by Crippen LogP contribution is -2.41. The molecule has 0 rings (SSSR count). The highest BCUT2D eigenvalue weighted by atomic mass is 28.4. The fourth-order valence-corrected chi connectivity index (χ4v) is 2.98. The van der Waals surface area contributed by atoms with E-state index in [1.165, 1.54) is 0 Å². The van der Waals surface area contributed by atoms with Gasteiger partial charge < -0.3 is 13.3 Å². The van der Waals surface area contributed by atoms with Gasteiger partial charge in [0, 0.05) is 13.2 Å². The predicted octanol–water partition coefficient (Wildman–Crippen LogP) is 3.08. The van der Waals surface area contributed by atoms with E-state index in [0.29, 0.717) is 0 Å². The molecule has 0 heterocycles. The second kappa shape index (κ2) is 7.64. The van der Waals surface area contributed by atoms with Crippen LogP contribution in [-0.2, 0) is 13.3 Å². The summed E-state index contributed by atoms with van der Waals surface area (Å²) in [6.45, 7) is 5.88. The van der Waals surface area contributed by atoms with Crippen LogP contribution < -0.4 is 0 Å². The van der Waals surface area contributed by atoms with Crippen LogP contribution in [0.2, 0.25) is 6.04 Å². The molecule has 82 valence electrons. The van der Waals surface area contributed by atoms with Crippen molar-refractivity contribution in [1.29, 1.82) is 0 Å². The third-order valence-electron chi connectivity index (χ3n) is 1.63. The van der Waals surface area contributed by atoms with Gasteiger partial charge in [0.05, 0.1) is 12.5 Å². The molecule has 0 radical (unpaired) electrons. The van der Waals surface area contributed by atoms with Crippen molar-refractivity contribution in [2.24, 2.45) is 0 Å². The Kier molecular flexibility index (Phi) is 7.24. The summed E-state index contributed by atoms with van der Waals surface area (Å²) in [5, 5.41) is 0. The molecule has 0 fully saturated rings. The Morgan fingerprint density at radius 1 is 1.07 bits per heavy atom. The zero-order chi connectivity index (χ0) is 10.9. The normalized spacial score (nSPS) is 16.0.